The zero-order chi connectivity index (χ0) is 12.3. The molecule has 6 heteroatoms. The molecule has 0 bridgehead atoms. The van der Waals surface area contributed by atoms with Crippen molar-refractivity contribution >= 4 is 22.4 Å². The topological polar surface area (TPSA) is 63.4 Å². The summed E-state index contributed by atoms with van der Waals surface area (Å²) in [6.45, 7) is 1.04. The van der Waals surface area contributed by atoms with Gasteiger partial charge in [0.05, 0.1) is 5.75 Å². The van der Waals surface area contributed by atoms with Crippen LogP contribution in [0, 0.1) is 0 Å². The van der Waals surface area contributed by atoms with Crippen molar-refractivity contribution in [1.29, 1.82) is 0 Å². The van der Waals surface area contributed by atoms with E-state index in [0.717, 1.165) is 12.0 Å². The molecule has 0 saturated carbocycles. The highest BCUT2D eigenvalue weighted by molar-refractivity contribution is 7.89. The van der Waals surface area contributed by atoms with Crippen LogP contribution in [-0.4, -0.2) is 37.6 Å². The van der Waals surface area contributed by atoms with Gasteiger partial charge < -0.3 is 5.73 Å². The van der Waals surface area contributed by atoms with Gasteiger partial charge >= 0.3 is 0 Å². The van der Waals surface area contributed by atoms with Gasteiger partial charge in [-0.15, -0.1) is 12.4 Å². The van der Waals surface area contributed by atoms with Crippen molar-refractivity contribution in [3.05, 3.63) is 35.9 Å². The molecule has 1 atom stereocenters. The van der Waals surface area contributed by atoms with Crippen LogP contribution in [-0.2, 0) is 16.4 Å². The summed E-state index contributed by atoms with van der Waals surface area (Å²) in [7, 11) is -3.14. The van der Waals surface area contributed by atoms with E-state index in [0.29, 0.717) is 19.5 Å². The number of nitrogens with zero attached hydrogens (tertiary/aromatic N) is 1. The number of halogens is 1. The maximum absolute atomic E-state index is 12.0. The Balaban J connectivity index is 0.00000162. The number of hydrogen-bond acceptors (Lipinski definition) is 3. The van der Waals surface area contributed by atoms with Crippen molar-refractivity contribution in [3.63, 3.8) is 0 Å². The molecule has 1 aliphatic rings. The van der Waals surface area contributed by atoms with E-state index in [4.69, 9.17) is 5.73 Å². The molecule has 1 aromatic rings. The van der Waals surface area contributed by atoms with Crippen molar-refractivity contribution < 1.29 is 8.42 Å². The van der Waals surface area contributed by atoms with E-state index < -0.39 is 10.0 Å². The lowest BCUT2D eigenvalue weighted by Gasteiger charge is -2.15. The monoisotopic (exact) mass is 290 g/mol. The zero-order valence-corrected chi connectivity index (χ0v) is 11.8. The third-order valence-corrected chi connectivity index (χ3v) is 4.91. The summed E-state index contributed by atoms with van der Waals surface area (Å²) in [4.78, 5) is 0. The first kappa shape index (κ1) is 15.4. The summed E-state index contributed by atoms with van der Waals surface area (Å²) >= 11 is 0. The van der Waals surface area contributed by atoms with E-state index in [-0.39, 0.29) is 24.2 Å². The second-order valence-electron chi connectivity index (χ2n) is 4.46. The van der Waals surface area contributed by atoms with Gasteiger partial charge in [0.1, 0.15) is 0 Å². The smallest absolute Gasteiger partial charge is 0.214 e. The molecular weight excluding hydrogens is 272 g/mol. The molecule has 4 nitrogen and oxygen atoms in total. The summed E-state index contributed by atoms with van der Waals surface area (Å²) in [5.74, 6) is 0.170. The molecule has 0 spiro atoms. The Bertz CT molecular complexity index is 464. The highest BCUT2D eigenvalue weighted by atomic mass is 35.5. The van der Waals surface area contributed by atoms with E-state index >= 15 is 0 Å². The molecule has 0 amide bonds. The van der Waals surface area contributed by atoms with Crippen molar-refractivity contribution in [1.82, 2.24) is 4.31 Å². The first-order chi connectivity index (χ1) is 8.08. The van der Waals surface area contributed by atoms with Crippen molar-refractivity contribution in [2.75, 3.05) is 18.8 Å². The van der Waals surface area contributed by atoms with Gasteiger partial charge in [0.2, 0.25) is 10.0 Å². The first-order valence-corrected chi connectivity index (χ1v) is 7.46. The Morgan fingerprint density at radius 2 is 1.94 bits per heavy atom. The highest BCUT2D eigenvalue weighted by Crippen LogP contribution is 2.14. The molecule has 0 radical (unpaired) electrons. The minimum atomic E-state index is -3.14. The van der Waals surface area contributed by atoms with Gasteiger partial charge in [-0.2, -0.15) is 0 Å². The third-order valence-electron chi connectivity index (χ3n) is 3.07. The van der Waals surface area contributed by atoms with Gasteiger partial charge in [-0.05, 0) is 18.4 Å². The Labute approximate surface area is 115 Å². The minimum Gasteiger partial charge on any atom is -0.326 e. The zero-order valence-electron chi connectivity index (χ0n) is 10.2. The number of aryl methyl sites for hydroxylation is 1. The predicted octanol–water partition coefficient (Wildman–Crippen LogP) is 1.01. The number of sulfonamides is 1. The van der Waals surface area contributed by atoms with Crippen molar-refractivity contribution in [3.8, 4) is 0 Å². The molecule has 1 heterocycles. The number of hydrogen-bond donors (Lipinski definition) is 1. The molecular formula is C12H19ClN2O2S. The van der Waals surface area contributed by atoms with Crippen LogP contribution in [0.25, 0.3) is 0 Å². The van der Waals surface area contributed by atoms with Crippen LogP contribution in [0.1, 0.15) is 12.0 Å². The molecule has 2 rings (SSSR count). The van der Waals surface area contributed by atoms with Crippen LogP contribution < -0.4 is 5.73 Å². The molecule has 102 valence electrons. The van der Waals surface area contributed by atoms with Gasteiger partial charge in [0, 0.05) is 19.1 Å². The fourth-order valence-corrected chi connectivity index (χ4v) is 3.58. The lowest BCUT2D eigenvalue weighted by atomic mass is 10.2. The lowest BCUT2D eigenvalue weighted by molar-refractivity contribution is 0.472. The molecule has 18 heavy (non-hydrogen) atoms. The number of nitrogens with two attached hydrogens (primary N) is 1. The summed E-state index contributed by atoms with van der Waals surface area (Å²) < 4.78 is 25.6. The molecule has 2 N–H and O–H groups in total. The number of benzene rings is 1. The standard InChI is InChI=1S/C12H18N2O2S.ClH/c13-12-6-8-14(10-12)17(15,16)9-7-11-4-2-1-3-5-11;/h1-5,12H,6-10,13H2;1H/t12-;/m0./s1. The predicted molar refractivity (Wildman–Crippen MR) is 75.3 cm³/mol. The maximum atomic E-state index is 12.0. The van der Waals surface area contributed by atoms with E-state index in [9.17, 15) is 8.42 Å². The molecule has 1 aromatic carbocycles. The fraction of sp³-hybridized carbons (Fsp3) is 0.500. The lowest BCUT2D eigenvalue weighted by Crippen LogP contribution is -2.34. The van der Waals surface area contributed by atoms with Gasteiger partial charge in [-0.25, -0.2) is 12.7 Å². The SMILES string of the molecule is Cl.N[C@H]1CCN(S(=O)(=O)CCc2ccccc2)C1. The van der Waals surface area contributed by atoms with E-state index in [2.05, 4.69) is 0 Å². The van der Waals surface area contributed by atoms with Crippen LogP contribution in [0.5, 0.6) is 0 Å². The molecule has 1 aliphatic heterocycles. The molecule has 0 unspecified atom stereocenters. The summed E-state index contributed by atoms with van der Waals surface area (Å²) in [6, 6.07) is 9.68. The highest BCUT2D eigenvalue weighted by Gasteiger charge is 2.28. The minimum absolute atomic E-state index is 0. The van der Waals surface area contributed by atoms with Gasteiger partial charge in [-0.3, -0.25) is 0 Å². The Morgan fingerprint density at radius 3 is 2.50 bits per heavy atom. The van der Waals surface area contributed by atoms with Crippen molar-refractivity contribution in [2.24, 2.45) is 5.73 Å². The average Bonchev–Trinajstić information content (AvgIpc) is 2.76. The molecule has 1 saturated heterocycles. The quantitative estimate of drug-likeness (QED) is 0.900. The molecule has 1 fully saturated rings. The second-order valence-corrected chi connectivity index (χ2v) is 6.55. The van der Waals surface area contributed by atoms with Gasteiger partial charge in [0.15, 0.2) is 0 Å². The first-order valence-electron chi connectivity index (χ1n) is 5.85. The van der Waals surface area contributed by atoms with E-state index in [1.165, 1.54) is 4.31 Å². The molecule has 0 aliphatic carbocycles. The summed E-state index contributed by atoms with van der Waals surface area (Å²) in [6.07, 6.45) is 1.33. The summed E-state index contributed by atoms with van der Waals surface area (Å²) in [5.41, 5.74) is 6.78. The van der Waals surface area contributed by atoms with Crippen LogP contribution in [0.3, 0.4) is 0 Å². The van der Waals surface area contributed by atoms with Gasteiger partial charge in [-0.1, -0.05) is 30.3 Å². The molecule has 0 aromatic heterocycles. The van der Waals surface area contributed by atoms with Crippen molar-refractivity contribution in [2.45, 2.75) is 18.9 Å². The Hall–Kier alpha value is -0.620. The van der Waals surface area contributed by atoms with Crippen LogP contribution >= 0.6 is 12.4 Å². The maximum Gasteiger partial charge on any atom is 0.214 e. The van der Waals surface area contributed by atoms with Crippen LogP contribution in [0.4, 0.5) is 0 Å². The largest absolute Gasteiger partial charge is 0.326 e. The Kier molecular flexibility index (Phi) is 5.59. The normalized spacial score (nSPS) is 20.6. The second kappa shape index (κ2) is 6.52. The van der Waals surface area contributed by atoms with E-state index in [1.807, 2.05) is 30.3 Å². The summed E-state index contributed by atoms with van der Waals surface area (Å²) in [5, 5.41) is 0. The third kappa shape index (κ3) is 3.95. The van der Waals surface area contributed by atoms with Gasteiger partial charge in [0.25, 0.3) is 0 Å². The number of rotatable bonds is 4. The Morgan fingerprint density at radius 1 is 1.28 bits per heavy atom. The average molecular weight is 291 g/mol. The van der Waals surface area contributed by atoms with Crippen LogP contribution in [0.2, 0.25) is 0 Å². The van der Waals surface area contributed by atoms with Crippen LogP contribution in [0.15, 0.2) is 30.3 Å². The fourth-order valence-electron chi connectivity index (χ4n) is 2.03. The van der Waals surface area contributed by atoms with E-state index in [1.54, 1.807) is 0 Å².